The van der Waals surface area contributed by atoms with Gasteiger partial charge in [-0.1, -0.05) is 131 Å². The van der Waals surface area contributed by atoms with Gasteiger partial charge in [0, 0.05) is 17.3 Å². The molecule has 45 heavy (non-hydrogen) atoms. The van der Waals surface area contributed by atoms with E-state index < -0.39 is 0 Å². The molecule has 1 N–H and O–H groups in total. The number of ether oxygens (including phenoxy) is 2. The molecule has 3 aliphatic rings. The summed E-state index contributed by atoms with van der Waals surface area (Å²) in [5.41, 5.74) is 4.33. The number of rotatable bonds is 15. The molecule has 250 valence electrons. The Morgan fingerprint density at radius 1 is 0.800 bits per heavy atom. The highest BCUT2D eigenvalue weighted by Crippen LogP contribution is 2.66. The van der Waals surface area contributed by atoms with Crippen LogP contribution in [0.4, 0.5) is 0 Å². The minimum absolute atomic E-state index is 0.0588. The largest absolute Gasteiger partial charge is 0.393 e. The normalized spacial score (nSPS) is 34.5. The van der Waals surface area contributed by atoms with Crippen LogP contribution in [-0.4, -0.2) is 33.6 Å². The highest BCUT2D eigenvalue weighted by molar-refractivity contribution is 5.37. The van der Waals surface area contributed by atoms with E-state index in [9.17, 15) is 5.11 Å². The highest BCUT2D eigenvalue weighted by atomic mass is 16.6. The predicted octanol–water partition coefficient (Wildman–Crippen LogP) is 11.2. The van der Waals surface area contributed by atoms with Crippen LogP contribution >= 0.6 is 0 Å². The van der Waals surface area contributed by atoms with Crippen molar-refractivity contribution < 1.29 is 14.6 Å². The summed E-state index contributed by atoms with van der Waals surface area (Å²) < 4.78 is 12.7. The van der Waals surface area contributed by atoms with Crippen LogP contribution in [0.25, 0.3) is 0 Å². The minimum Gasteiger partial charge on any atom is -0.393 e. The van der Waals surface area contributed by atoms with Crippen LogP contribution in [0.1, 0.15) is 128 Å². The predicted molar refractivity (Wildman–Crippen MR) is 193 cm³/mol. The Bertz CT molecular complexity index is 1300. The van der Waals surface area contributed by atoms with Crippen molar-refractivity contribution in [1.82, 2.24) is 0 Å². The van der Waals surface area contributed by atoms with E-state index in [1.54, 1.807) is 0 Å². The summed E-state index contributed by atoms with van der Waals surface area (Å²) in [6, 6.07) is 0. The molecule has 5 atom stereocenters. The Kier molecular flexibility index (Phi) is 11.8. The van der Waals surface area contributed by atoms with Gasteiger partial charge in [0.25, 0.3) is 0 Å². The number of fused-ring (bicyclic) bond motifs is 1. The van der Waals surface area contributed by atoms with Crippen molar-refractivity contribution >= 4 is 0 Å². The smallest absolute Gasteiger partial charge is 0.121 e. The summed E-state index contributed by atoms with van der Waals surface area (Å²) in [5, 5.41) is 10.3. The quantitative estimate of drug-likeness (QED) is 0.147. The third-order valence-corrected chi connectivity index (χ3v) is 10.9. The molecule has 0 aromatic carbocycles. The topological polar surface area (TPSA) is 45.3 Å². The molecule has 3 nitrogen and oxygen atoms in total. The molecule has 2 aliphatic heterocycles. The summed E-state index contributed by atoms with van der Waals surface area (Å²) in [7, 11) is 0. The lowest BCUT2D eigenvalue weighted by Crippen LogP contribution is -2.46. The molecule has 0 spiro atoms. The second kappa shape index (κ2) is 14.3. The van der Waals surface area contributed by atoms with Gasteiger partial charge in [0.05, 0.1) is 11.7 Å². The van der Waals surface area contributed by atoms with E-state index in [0.717, 1.165) is 32.1 Å². The fraction of sp³-hybridized carbons (Fsp3) is 0.619. The van der Waals surface area contributed by atoms with Gasteiger partial charge >= 0.3 is 0 Å². The summed E-state index contributed by atoms with van der Waals surface area (Å²) >= 11 is 0. The van der Waals surface area contributed by atoms with E-state index in [1.807, 2.05) is 0 Å². The van der Waals surface area contributed by atoms with Crippen molar-refractivity contribution in [3.8, 4) is 0 Å². The first-order valence-corrected chi connectivity index (χ1v) is 17.4. The number of epoxide rings is 2. The van der Waals surface area contributed by atoms with Crippen LogP contribution in [0.3, 0.4) is 0 Å². The second-order valence-electron chi connectivity index (χ2n) is 15.8. The zero-order chi connectivity index (χ0) is 33.7. The van der Waals surface area contributed by atoms with E-state index in [-0.39, 0.29) is 39.3 Å². The van der Waals surface area contributed by atoms with E-state index in [4.69, 9.17) is 9.47 Å². The maximum atomic E-state index is 10.3. The third kappa shape index (κ3) is 8.21. The maximum absolute atomic E-state index is 10.3. The summed E-state index contributed by atoms with van der Waals surface area (Å²) in [5.74, 6) is 0. The van der Waals surface area contributed by atoms with E-state index in [2.05, 4.69) is 156 Å². The zero-order valence-electron chi connectivity index (χ0n) is 30.7. The fourth-order valence-electron chi connectivity index (χ4n) is 7.91. The molecular weight excluding hydrogens is 552 g/mol. The highest BCUT2D eigenvalue weighted by Gasteiger charge is 2.74. The van der Waals surface area contributed by atoms with Crippen LogP contribution in [0, 0.1) is 10.8 Å². The molecule has 2 heterocycles. The molecule has 0 amide bonds. The molecular formula is C42H64O3. The number of hydrogen-bond donors (Lipinski definition) is 1. The molecule has 1 saturated carbocycles. The monoisotopic (exact) mass is 616 g/mol. The van der Waals surface area contributed by atoms with Gasteiger partial charge in [-0.25, -0.2) is 0 Å². The zero-order valence-corrected chi connectivity index (χ0v) is 30.7. The summed E-state index contributed by atoms with van der Waals surface area (Å²) in [6.07, 6.45) is 33.0. The fourth-order valence-corrected chi connectivity index (χ4v) is 7.91. The molecule has 0 aromatic rings. The van der Waals surface area contributed by atoms with Gasteiger partial charge < -0.3 is 14.6 Å². The lowest BCUT2D eigenvalue weighted by atomic mass is 9.63. The first-order valence-electron chi connectivity index (χ1n) is 17.4. The number of aliphatic hydroxyl groups is 1. The van der Waals surface area contributed by atoms with Gasteiger partial charge in [-0.15, -0.1) is 0 Å². The Hall–Kier alpha value is -2.20. The van der Waals surface area contributed by atoms with E-state index in [0.29, 0.717) is 6.42 Å². The third-order valence-electron chi connectivity index (χ3n) is 10.9. The van der Waals surface area contributed by atoms with Crippen molar-refractivity contribution in [3.05, 3.63) is 95.2 Å². The first kappa shape index (κ1) is 37.3. The number of hydrogen-bond acceptors (Lipinski definition) is 3. The van der Waals surface area contributed by atoms with Crippen LogP contribution in [0.2, 0.25) is 0 Å². The Morgan fingerprint density at radius 3 is 2.04 bits per heavy atom. The van der Waals surface area contributed by atoms with E-state index >= 15 is 0 Å². The SMILES string of the molecule is CCCC(C)(C)[C@]1(/C=C/C(C)=C/CC/C(C)=C/C=C/C=C(C)/C=C/C=C(C)/C=C/[C@@]23O[C@]2(C)CC(O)CC3(C)C)O[C@]1(C)CC. The van der Waals surface area contributed by atoms with Crippen molar-refractivity contribution in [3.63, 3.8) is 0 Å². The van der Waals surface area contributed by atoms with Crippen LogP contribution in [0.5, 0.6) is 0 Å². The van der Waals surface area contributed by atoms with Gasteiger partial charge in [-0.05, 0) is 85.8 Å². The van der Waals surface area contributed by atoms with E-state index in [1.165, 1.54) is 28.7 Å². The second-order valence-corrected chi connectivity index (χ2v) is 15.8. The molecule has 1 unspecified atom stereocenters. The van der Waals surface area contributed by atoms with Gasteiger partial charge in [-0.3, -0.25) is 0 Å². The number of allylic oxidation sites excluding steroid dienone is 14. The average Bonchev–Trinajstić information content (AvgIpc) is 3.78. The first-order chi connectivity index (χ1) is 20.9. The van der Waals surface area contributed by atoms with Gasteiger partial charge in [0.15, 0.2) is 0 Å². The Morgan fingerprint density at radius 2 is 1.42 bits per heavy atom. The van der Waals surface area contributed by atoms with Crippen molar-refractivity contribution in [2.24, 2.45) is 10.8 Å². The number of aliphatic hydroxyl groups excluding tert-OH is 1. The van der Waals surface area contributed by atoms with Gasteiger partial charge in [0.1, 0.15) is 16.8 Å². The molecule has 1 aliphatic carbocycles. The Labute approximate surface area is 276 Å². The maximum Gasteiger partial charge on any atom is 0.121 e. The van der Waals surface area contributed by atoms with Crippen molar-refractivity contribution in [1.29, 1.82) is 0 Å². The molecule has 0 bridgehead atoms. The molecule has 0 radical (unpaired) electrons. The molecule has 2 saturated heterocycles. The minimum atomic E-state index is -0.284. The lowest BCUT2D eigenvalue weighted by Gasteiger charge is -2.39. The summed E-state index contributed by atoms with van der Waals surface area (Å²) in [6.45, 7) is 26.7. The Balaban J connectivity index is 1.47. The standard InChI is InChI=1S/C42H64O3/c1-13-27-37(7,8)41(39(11,14-2)44-41)28-25-34(5)23-17-21-32(3)19-15-16-20-33(4)22-18-24-35(6)26-29-42-38(9,10)30-36(43)31-40(42,12)45-42/h15-16,18-20,22-26,28-29,36,43H,13-14,17,21,27,30-31H2,1-12H3/b16-15+,22-18+,28-25+,29-26+,32-19+,33-20+,34-23+,35-24+/t36?,39-,40-,41+,42+/m1/s1. The lowest BCUT2D eigenvalue weighted by molar-refractivity contribution is 0.0515. The average molecular weight is 617 g/mol. The van der Waals surface area contributed by atoms with Crippen molar-refractivity contribution in [2.45, 2.75) is 157 Å². The van der Waals surface area contributed by atoms with Gasteiger partial charge in [0.2, 0.25) is 0 Å². The van der Waals surface area contributed by atoms with Crippen molar-refractivity contribution in [2.75, 3.05) is 0 Å². The molecule has 3 fully saturated rings. The molecule has 3 heteroatoms. The van der Waals surface area contributed by atoms with Gasteiger partial charge in [-0.2, -0.15) is 0 Å². The summed E-state index contributed by atoms with van der Waals surface area (Å²) in [4.78, 5) is 0. The van der Waals surface area contributed by atoms with Crippen LogP contribution in [0.15, 0.2) is 95.2 Å². The van der Waals surface area contributed by atoms with Crippen LogP contribution in [-0.2, 0) is 9.47 Å². The molecule has 3 rings (SSSR count). The van der Waals surface area contributed by atoms with Crippen LogP contribution < -0.4 is 0 Å². The molecule has 0 aromatic heterocycles.